The zero-order valence-electron chi connectivity index (χ0n) is 10.8. The van der Waals surface area contributed by atoms with Crippen molar-refractivity contribution in [2.24, 2.45) is 0 Å². The Morgan fingerprint density at radius 3 is 2.79 bits per heavy atom. The van der Waals surface area contributed by atoms with Gasteiger partial charge < -0.3 is 4.90 Å². The Hall–Kier alpha value is -1.39. The van der Waals surface area contributed by atoms with Crippen LogP contribution in [-0.2, 0) is 13.0 Å². The Balaban J connectivity index is 1.41. The van der Waals surface area contributed by atoms with Crippen LogP contribution in [0.3, 0.4) is 0 Å². The summed E-state index contributed by atoms with van der Waals surface area (Å²) in [6.07, 6.45) is 3.09. The molecule has 0 N–H and O–H groups in total. The van der Waals surface area contributed by atoms with Gasteiger partial charge in [-0.2, -0.15) is 0 Å². The van der Waals surface area contributed by atoms with Crippen molar-refractivity contribution in [2.45, 2.75) is 19.0 Å². The quantitative estimate of drug-likeness (QED) is 0.836. The van der Waals surface area contributed by atoms with E-state index in [9.17, 15) is 0 Å². The van der Waals surface area contributed by atoms with Crippen molar-refractivity contribution in [2.75, 3.05) is 24.5 Å². The summed E-state index contributed by atoms with van der Waals surface area (Å²) in [6, 6.07) is 9.57. The van der Waals surface area contributed by atoms with Crippen LogP contribution in [-0.4, -0.2) is 35.6 Å². The number of aromatic nitrogens is 1. The van der Waals surface area contributed by atoms with Crippen LogP contribution in [0.4, 0.5) is 5.13 Å². The topological polar surface area (TPSA) is 19.4 Å². The molecule has 0 amide bonds. The Bertz CT molecular complexity index is 561. The van der Waals surface area contributed by atoms with Crippen molar-refractivity contribution >= 4 is 16.5 Å². The largest absolute Gasteiger partial charge is 0.345 e. The number of hydrogen-bond acceptors (Lipinski definition) is 4. The molecule has 2 aliphatic rings. The minimum atomic E-state index is 0.706. The summed E-state index contributed by atoms with van der Waals surface area (Å²) in [4.78, 5) is 9.40. The van der Waals surface area contributed by atoms with Crippen molar-refractivity contribution in [3.8, 4) is 0 Å². The first-order chi connectivity index (χ1) is 9.40. The number of fused-ring (bicyclic) bond motifs is 1. The predicted molar refractivity (Wildman–Crippen MR) is 78.7 cm³/mol. The lowest BCUT2D eigenvalue weighted by molar-refractivity contribution is 0.150. The third-order valence-electron chi connectivity index (χ3n) is 4.23. The molecule has 0 radical (unpaired) electrons. The third kappa shape index (κ3) is 2.05. The molecule has 0 bridgehead atoms. The Morgan fingerprint density at radius 1 is 1.16 bits per heavy atom. The Kier molecular flexibility index (Phi) is 2.78. The maximum atomic E-state index is 4.38. The van der Waals surface area contributed by atoms with E-state index in [0.29, 0.717) is 6.04 Å². The summed E-state index contributed by atoms with van der Waals surface area (Å²) >= 11 is 1.74. The van der Waals surface area contributed by atoms with E-state index in [1.807, 2.05) is 6.20 Å². The smallest absolute Gasteiger partial charge is 0.185 e. The van der Waals surface area contributed by atoms with Gasteiger partial charge in [-0.15, -0.1) is 11.3 Å². The molecule has 2 aliphatic heterocycles. The van der Waals surface area contributed by atoms with Gasteiger partial charge in [0.25, 0.3) is 0 Å². The van der Waals surface area contributed by atoms with Gasteiger partial charge in [0.15, 0.2) is 5.13 Å². The zero-order valence-corrected chi connectivity index (χ0v) is 11.6. The first kappa shape index (κ1) is 11.4. The van der Waals surface area contributed by atoms with Crippen molar-refractivity contribution in [3.05, 3.63) is 47.0 Å². The lowest BCUT2D eigenvalue weighted by Gasteiger charge is -2.46. The monoisotopic (exact) mass is 271 g/mol. The lowest BCUT2D eigenvalue weighted by Crippen LogP contribution is -2.60. The van der Waals surface area contributed by atoms with Gasteiger partial charge in [0.1, 0.15) is 0 Å². The molecular weight excluding hydrogens is 254 g/mol. The number of anilines is 1. The Labute approximate surface area is 117 Å². The molecule has 0 spiro atoms. The van der Waals surface area contributed by atoms with Gasteiger partial charge in [0.05, 0.1) is 0 Å². The second-order valence-electron chi connectivity index (χ2n) is 5.36. The van der Waals surface area contributed by atoms with Crippen molar-refractivity contribution < 1.29 is 0 Å². The van der Waals surface area contributed by atoms with Crippen molar-refractivity contribution in [1.82, 2.24) is 9.88 Å². The maximum absolute atomic E-state index is 4.38. The van der Waals surface area contributed by atoms with E-state index in [-0.39, 0.29) is 0 Å². The molecule has 1 fully saturated rings. The maximum Gasteiger partial charge on any atom is 0.185 e. The molecule has 4 heteroatoms. The van der Waals surface area contributed by atoms with Gasteiger partial charge >= 0.3 is 0 Å². The highest BCUT2D eigenvalue weighted by Crippen LogP contribution is 2.28. The van der Waals surface area contributed by atoms with E-state index < -0.39 is 0 Å². The normalized spacial score (nSPS) is 20.1. The molecule has 0 aliphatic carbocycles. The predicted octanol–water partition coefficient (Wildman–Crippen LogP) is 2.39. The van der Waals surface area contributed by atoms with E-state index in [4.69, 9.17) is 0 Å². The molecule has 0 unspecified atom stereocenters. The fourth-order valence-electron chi connectivity index (χ4n) is 3.04. The van der Waals surface area contributed by atoms with Crippen LogP contribution in [0.1, 0.15) is 11.1 Å². The summed E-state index contributed by atoms with van der Waals surface area (Å²) < 4.78 is 0. The molecule has 0 atom stereocenters. The van der Waals surface area contributed by atoms with E-state index >= 15 is 0 Å². The molecule has 3 heterocycles. The van der Waals surface area contributed by atoms with Crippen LogP contribution in [0.25, 0.3) is 0 Å². The number of nitrogens with zero attached hydrogens (tertiary/aromatic N) is 3. The molecule has 1 aromatic carbocycles. The van der Waals surface area contributed by atoms with Crippen LogP contribution in [0.2, 0.25) is 0 Å². The molecule has 0 saturated carbocycles. The second kappa shape index (κ2) is 4.62. The van der Waals surface area contributed by atoms with Gasteiger partial charge in [0, 0.05) is 43.8 Å². The fraction of sp³-hybridized carbons (Fsp3) is 0.400. The highest BCUT2D eigenvalue weighted by atomic mass is 32.1. The minimum absolute atomic E-state index is 0.706. The van der Waals surface area contributed by atoms with Gasteiger partial charge in [-0.25, -0.2) is 4.98 Å². The van der Waals surface area contributed by atoms with Crippen LogP contribution in [0.15, 0.2) is 35.8 Å². The number of thiazole rings is 1. The molecule has 1 saturated heterocycles. The Morgan fingerprint density at radius 2 is 2.00 bits per heavy atom. The average molecular weight is 271 g/mol. The highest BCUT2D eigenvalue weighted by Gasteiger charge is 2.34. The molecule has 98 valence electrons. The molecule has 19 heavy (non-hydrogen) atoms. The summed E-state index contributed by atoms with van der Waals surface area (Å²) in [6.45, 7) is 4.59. The number of rotatable bonds is 2. The summed E-state index contributed by atoms with van der Waals surface area (Å²) in [5, 5.41) is 3.23. The SMILES string of the molecule is c1ccc2c(c1)CCN(C1CN(c3nccs3)C1)C2. The van der Waals surface area contributed by atoms with Gasteiger partial charge in [-0.1, -0.05) is 24.3 Å². The third-order valence-corrected chi connectivity index (χ3v) is 5.06. The van der Waals surface area contributed by atoms with Gasteiger partial charge in [-0.05, 0) is 17.5 Å². The van der Waals surface area contributed by atoms with E-state index in [1.165, 1.54) is 29.2 Å². The van der Waals surface area contributed by atoms with Crippen LogP contribution in [0.5, 0.6) is 0 Å². The van der Waals surface area contributed by atoms with Crippen LogP contribution < -0.4 is 4.90 Å². The first-order valence-corrected chi connectivity index (χ1v) is 7.73. The molecule has 3 nitrogen and oxygen atoms in total. The number of benzene rings is 1. The van der Waals surface area contributed by atoms with Crippen molar-refractivity contribution in [1.29, 1.82) is 0 Å². The summed E-state index contributed by atoms with van der Waals surface area (Å²) in [5.74, 6) is 0. The van der Waals surface area contributed by atoms with E-state index in [2.05, 4.69) is 44.4 Å². The standard InChI is InChI=1S/C15H17N3S/c1-2-4-13-9-17(7-5-12(13)3-1)14-10-18(11-14)15-16-6-8-19-15/h1-4,6,8,14H,5,7,9-11H2. The first-order valence-electron chi connectivity index (χ1n) is 6.85. The van der Waals surface area contributed by atoms with Crippen LogP contribution in [0, 0.1) is 0 Å². The zero-order chi connectivity index (χ0) is 12.7. The molecule has 2 aromatic rings. The lowest BCUT2D eigenvalue weighted by atomic mass is 9.97. The van der Waals surface area contributed by atoms with Gasteiger partial charge in [-0.3, -0.25) is 4.90 Å². The van der Waals surface area contributed by atoms with Crippen LogP contribution >= 0.6 is 11.3 Å². The molecule has 1 aromatic heterocycles. The minimum Gasteiger partial charge on any atom is -0.345 e. The van der Waals surface area contributed by atoms with Gasteiger partial charge in [0.2, 0.25) is 0 Å². The molecule has 4 rings (SSSR count). The number of hydrogen-bond donors (Lipinski definition) is 0. The highest BCUT2D eigenvalue weighted by molar-refractivity contribution is 7.13. The summed E-state index contributed by atoms with van der Waals surface area (Å²) in [7, 11) is 0. The van der Waals surface area contributed by atoms with Crippen molar-refractivity contribution in [3.63, 3.8) is 0 Å². The fourth-order valence-corrected chi connectivity index (χ4v) is 3.71. The van der Waals surface area contributed by atoms with E-state index in [0.717, 1.165) is 19.6 Å². The average Bonchev–Trinajstić information content (AvgIpc) is 2.91. The molecular formula is C15H17N3S. The van der Waals surface area contributed by atoms with E-state index in [1.54, 1.807) is 11.3 Å². The second-order valence-corrected chi connectivity index (χ2v) is 6.24. The summed E-state index contributed by atoms with van der Waals surface area (Å²) in [5.41, 5.74) is 3.05.